The molecule has 0 radical (unpaired) electrons. The smallest absolute Gasteiger partial charge is 0.407 e. The zero-order valence-electron chi connectivity index (χ0n) is 30.5. The number of nitrogens with one attached hydrogen (secondary N) is 4. The third-order valence-electron chi connectivity index (χ3n) is 9.81. The molecule has 280 valence electrons. The summed E-state index contributed by atoms with van der Waals surface area (Å²) < 4.78 is 11.4. The van der Waals surface area contributed by atoms with Crippen molar-refractivity contribution in [3.8, 4) is 0 Å². The van der Waals surface area contributed by atoms with Crippen molar-refractivity contribution in [2.75, 3.05) is 44.5 Å². The highest BCUT2D eigenvalue weighted by molar-refractivity contribution is 6.11. The number of fused-ring (bicyclic) bond motifs is 3. The Balaban J connectivity index is 1.35. The highest BCUT2D eigenvalue weighted by atomic mass is 16.5. The SMILES string of the molecule is CCCCn1c2cc(NC(=O)[C@@H]3CCCN3C(=O)CNC(=O)OC)ccc2c2ccc(NC(=O)[C@@H]3CCCN3C(=O)C(NC(=O)OC)C(C)C)cc21. The van der Waals surface area contributed by atoms with Gasteiger partial charge in [-0.2, -0.15) is 0 Å². The van der Waals surface area contributed by atoms with Crippen molar-refractivity contribution >= 4 is 69.0 Å². The molecule has 1 aromatic heterocycles. The molecule has 3 heterocycles. The standard InChI is InChI=1S/C37H49N7O8/c1-6-7-16-42-29-19-23(39-33(46)27-10-8-17-43(27)31(45)21-38-36(49)51-4)12-14-25(29)26-15-13-24(20-30(26)42)40-34(47)28-11-9-18-44(28)35(48)32(22(2)3)41-37(50)52-5/h12-15,19-20,22,27-28,32H,6-11,16-18,21H2,1-5H3,(H,38,49)(H,39,46)(H,40,47)(H,41,50)/t27-,28-,32?/m0/s1. The summed E-state index contributed by atoms with van der Waals surface area (Å²) in [5.74, 6) is -1.49. The molecule has 0 saturated carbocycles. The van der Waals surface area contributed by atoms with Crippen molar-refractivity contribution in [1.82, 2.24) is 25.0 Å². The van der Waals surface area contributed by atoms with Gasteiger partial charge in [0.1, 0.15) is 24.7 Å². The minimum atomic E-state index is -0.823. The first-order chi connectivity index (χ1) is 25.0. The van der Waals surface area contributed by atoms with Gasteiger partial charge in [0.25, 0.3) is 0 Å². The molecule has 5 rings (SSSR count). The molecule has 2 saturated heterocycles. The van der Waals surface area contributed by atoms with Gasteiger partial charge in [-0.25, -0.2) is 9.59 Å². The topological polar surface area (TPSA) is 180 Å². The van der Waals surface area contributed by atoms with Gasteiger partial charge < -0.3 is 45.1 Å². The van der Waals surface area contributed by atoms with E-state index in [0.29, 0.717) is 56.7 Å². The van der Waals surface area contributed by atoms with E-state index in [2.05, 4.69) is 37.5 Å². The van der Waals surface area contributed by atoms with Crippen molar-refractivity contribution in [3.63, 3.8) is 0 Å². The fraction of sp³-hybridized carbons (Fsp3) is 0.514. The maximum Gasteiger partial charge on any atom is 0.407 e. The summed E-state index contributed by atoms with van der Waals surface area (Å²) in [6.07, 6.45) is 2.80. The number of alkyl carbamates (subject to hydrolysis) is 2. The van der Waals surface area contributed by atoms with Crippen molar-refractivity contribution < 1.29 is 38.2 Å². The molecule has 0 bridgehead atoms. The first-order valence-corrected chi connectivity index (χ1v) is 17.9. The second-order valence-corrected chi connectivity index (χ2v) is 13.6. The number of methoxy groups -OCH3 is 2. The third kappa shape index (κ3) is 8.24. The van der Waals surface area contributed by atoms with Gasteiger partial charge in [0.2, 0.25) is 23.6 Å². The van der Waals surface area contributed by atoms with Gasteiger partial charge in [-0.15, -0.1) is 0 Å². The summed E-state index contributed by atoms with van der Waals surface area (Å²) in [4.78, 5) is 79.8. The summed E-state index contributed by atoms with van der Waals surface area (Å²) in [7, 11) is 2.46. The Morgan fingerprint density at radius 2 is 1.33 bits per heavy atom. The largest absolute Gasteiger partial charge is 0.453 e. The number of carbonyl (C=O) groups excluding carboxylic acids is 6. The van der Waals surface area contributed by atoms with Crippen LogP contribution in [0.15, 0.2) is 36.4 Å². The number of benzene rings is 2. The highest BCUT2D eigenvalue weighted by Crippen LogP contribution is 2.34. The Labute approximate surface area is 302 Å². The zero-order chi connectivity index (χ0) is 37.5. The predicted molar refractivity (Wildman–Crippen MR) is 196 cm³/mol. The number of nitrogens with zero attached hydrogens (tertiary/aromatic N) is 3. The Hall–Kier alpha value is -5.34. The molecule has 2 fully saturated rings. The van der Waals surface area contributed by atoms with Gasteiger partial charge in [0.15, 0.2) is 0 Å². The lowest BCUT2D eigenvalue weighted by atomic mass is 10.0. The quantitative estimate of drug-likeness (QED) is 0.215. The normalized spacial score (nSPS) is 17.7. The van der Waals surface area contributed by atoms with E-state index in [4.69, 9.17) is 4.74 Å². The van der Waals surface area contributed by atoms with Crippen LogP contribution in [0.5, 0.6) is 0 Å². The molecular formula is C37H49N7O8. The van der Waals surface area contributed by atoms with E-state index in [9.17, 15) is 28.8 Å². The van der Waals surface area contributed by atoms with Crippen LogP contribution in [0.4, 0.5) is 21.0 Å². The molecular weight excluding hydrogens is 670 g/mol. The monoisotopic (exact) mass is 719 g/mol. The number of hydrogen-bond acceptors (Lipinski definition) is 8. The Morgan fingerprint density at radius 1 is 0.788 bits per heavy atom. The van der Waals surface area contributed by atoms with E-state index in [-0.39, 0.29) is 36.1 Å². The van der Waals surface area contributed by atoms with Gasteiger partial charge in [-0.05, 0) is 62.3 Å². The van der Waals surface area contributed by atoms with Crippen molar-refractivity contribution in [1.29, 1.82) is 0 Å². The minimum absolute atomic E-state index is 0.208. The summed E-state index contributed by atoms with van der Waals surface area (Å²) >= 11 is 0. The lowest BCUT2D eigenvalue weighted by Crippen LogP contribution is -2.54. The van der Waals surface area contributed by atoms with Gasteiger partial charge in [0, 0.05) is 41.8 Å². The molecule has 15 heteroatoms. The fourth-order valence-corrected chi connectivity index (χ4v) is 7.10. The van der Waals surface area contributed by atoms with Gasteiger partial charge in [0.05, 0.1) is 25.3 Å². The molecule has 0 aliphatic carbocycles. The number of hydrogen-bond donors (Lipinski definition) is 4. The van der Waals surface area contributed by atoms with Crippen LogP contribution >= 0.6 is 0 Å². The number of aromatic nitrogens is 1. The molecule has 15 nitrogen and oxygen atoms in total. The Kier molecular flexibility index (Phi) is 12.2. The molecule has 2 aliphatic rings. The first-order valence-electron chi connectivity index (χ1n) is 17.9. The van der Waals surface area contributed by atoms with Crippen molar-refractivity contribution in [2.24, 2.45) is 5.92 Å². The molecule has 4 N–H and O–H groups in total. The van der Waals surface area contributed by atoms with Crippen molar-refractivity contribution in [2.45, 2.75) is 84.0 Å². The molecule has 52 heavy (non-hydrogen) atoms. The summed E-state index contributed by atoms with van der Waals surface area (Å²) in [6, 6.07) is 9.30. The maximum atomic E-state index is 13.7. The van der Waals surface area contributed by atoms with Gasteiger partial charge >= 0.3 is 12.2 Å². The molecule has 1 unspecified atom stereocenters. The lowest BCUT2D eigenvalue weighted by Gasteiger charge is -2.30. The number of unbranched alkanes of at least 4 members (excludes halogenated alkanes) is 1. The molecule has 2 aromatic carbocycles. The van der Waals surface area contributed by atoms with E-state index in [1.165, 1.54) is 19.1 Å². The van der Waals surface area contributed by atoms with Gasteiger partial charge in [-0.1, -0.05) is 39.3 Å². The van der Waals surface area contributed by atoms with Gasteiger partial charge in [-0.3, -0.25) is 19.2 Å². The average molecular weight is 720 g/mol. The summed E-state index contributed by atoms with van der Waals surface area (Å²) in [5, 5.41) is 13.0. The summed E-state index contributed by atoms with van der Waals surface area (Å²) in [5.41, 5.74) is 3.01. The van der Waals surface area contributed by atoms with E-state index in [0.717, 1.165) is 34.6 Å². The number of aryl methyl sites for hydroxylation is 1. The molecule has 0 spiro atoms. The number of rotatable bonds is 12. The van der Waals surface area contributed by atoms with Crippen LogP contribution in [0.3, 0.4) is 0 Å². The molecule has 2 aliphatic heterocycles. The molecule has 3 aromatic rings. The zero-order valence-corrected chi connectivity index (χ0v) is 30.5. The first kappa shape index (κ1) is 37.9. The summed E-state index contributed by atoms with van der Waals surface area (Å²) in [6.45, 7) is 7.05. The molecule has 3 atom stereocenters. The van der Waals surface area contributed by atoms with Crippen LogP contribution in [-0.4, -0.2) is 102 Å². The third-order valence-corrected chi connectivity index (χ3v) is 9.81. The van der Waals surface area contributed by atoms with Crippen LogP contribution in [0.2, 0.25) is 0 Å². The number of amides is 6. The van der Waals surface area contributed by atoms with E-state index in [1.807, 2.05) is 50.2 Å². The number of carbonyl (C=O) groups is 6. The lowest BCUT2D eigenvalue weighted by molar-refractivity contribution is -0.139. The second kappa shape index (κ2) is 16.8. The fourth-order valence-electron chi connectivity index (χ4n) is 7.10. The minimum Gasteiger partial charge on any atom is -0.453 e. The van der Waals surface area contributed by atoms with Crippen LogP contribution in [0.25, 0.3) is 21.8 Å². The van der Waals surface area contributed by atoms with E-state index >= 15 is 0 Å². The van der Waals surface area contributed by atoms with Crippen LogP contribution in [0, 0.1) is 5.92 Å². The average Bonchev–Trinajstić information content (AvgIpc) is 3.89. The van der Waals surface area contributed by atoms with Crippen LogP contribution in [0.1, 0.15) is 59.3 Å². The van der Waals surface area contributed by atoms with Crippen molar-refractivity contribution in [3.05, 3.63) is 36.4 Å². The Morgan fingerprint density at radius 3 is 1.85 bits per heavy atom. The Bertz CT molecular complexity index is 1840. The van der Waals surface area contributed by atoms with E-state index < -0.39 is 30.3 Å². The second-order valence-electron chi connectivity index (χ2n) is 13.6. The number of likely N-dealkylation sites (tertiary alicyclic amines) is 2. The van der Waals surface area contributed by atoms with Crippen LogP contribution in [-0.2, 0) is 35.2 Å². The molecule has 6 amide bonds. The maximum absolute atomic E-state index is 13.7. The number of ether oxygens (including phenoxy) is 2. The number of anilines is 2. The highest BCUT2D eigenvalue weighted by Gasteiger charge is 2.39. The van der Waals surface area contributed by atoms with E-state index in [1.54, 1.807) is 4.90 Å². The van der Waals surface area contributed by atoms with Crippen LogP contribution < -0.4 is 21.3 Å². The predicted octanol–water partition coefficient (Wildman–Crippen LogP) is 4.19.